The lowest BCUT2D eigenvalue weighted by Crippen LogP contribution is -2.43. The van der Waals surface area contributed by atoms with Crippen LogP contribution in [0.3, 0.4) is 0 Å². The maximum Gasteiger partial charge on any atom is 0.257 e. The van der Waals surface area contributed by atoms with Gasteiger partial charge >= 0.3 is 0 Å². The Kier molecular flexibility index (Phi) is 7.67. The number of benzene rings is 2. The predicted octanol–water partition coefficient (Wildman–Crippen LogP) is 4.04. The van der Waals surface area contributed by atoms with Crippen molar-refractivity contribution in [1.29, 1.82) is 0 Å². The molecule has 3 rings (SSSR count). The highest BCUT2D eigenvalue weighted by molar-refractivity contribution is 7.80. The summed E-state index contributed by atoms with van der Waals surface area (Å²) in [7, 11) is 0. The van der Waals surface area contributed by atoms with E-state index in [4.69, 9.17) is 21.7 Å². The minimum Gasteiger partial charge on any atom is -0.490 e. The molecule has 28 heavy (non-hydrogen) atoms. The molecule has 0 bridgehead atoms. The van der Waals surface area contributed by atoms with Crippen LogP contribution < -0.4 is 14.8 Å². The van der Waals surface area contributed by atoms with Crippen LogP contribution in [0.5, 0.6) is 11.5 Å². The molecule has 0 aliphatic carbocycles. The summed E-state index contributed by atoms with van der Waals surface area (Å²) in [5.41, 5.74) is 0.527. The maximum absolute atomic E-state index is 12.5. The van der Waals surface area contributed by atoms with Crippen LogP contribution >= 0.6 is 12.2 Å². The molecule has 1 aliphatic heterocycles. The number of carbonyl (C=O) groups is 1. The maximum atomic E-state index is 12.5. The third-order valence-electron chi connectivity index (χ3n) is 4.57. The molecule has 2 aromatic rings. The first kappa shape index (κ1) is 20.1. The van der Waals surface area contributed by atoms with Gasteiger partial charge in [0.15, 0.2) is 5.11 Å². The minimum absolute atomic E-state index is 0.208. The van der Waals surface area contributed by atoms with Gasteiger partial charge in [0.2, 0.25) is 0 Å². The Morgan fingerprint density at radius 2 is 1.54 bits per heavy atom. The normalized spacial score (nSPS) is 14.1. The van der Waals surface area contributed by atoms with E-state index in [-0.39, 0.29) is 5.91 Å². The van der Waals surface area contributed by atoms with Gasteiger partial charge in [0.1, 0.15) is 24.7 Å². The van der Waals surface area contributed by atoms with Gasteiger partial charge in [-0.2, -0.15) is 0 Å². The molecule has 5 nitrogen and oxygen atoms in total. The van der Waals surface area contributed by atoms with Gasteiger partial charge in [0.05, 0.1) is 0 Å². The van der Waals surface area contributed by atoms with E-state index in [9.17, 15) is 4.79 Å². The van der Waals surface area contributed by atoms with E-state index in [1.54, 1.807) is 18.2 Å². The lowest BCUT2D eigenvalue weighted by atomic mass is 10.2. The van der Waals surface area contributed by atoms with Crippen LogP contribution in [-0.2, 0) is 0 Å². The summed E-state index contributed by atoms with van der Waals surface area (Å²) >= 11 is 5.42. The van der Waals surface area contributed by atoms with Crippen molar-refractivity contribution in [1.82, 2.24) is 10.2 Å². The van der Waals surface area contributed by atoms with Crippen molar-refractivity contribution in [3.05, 3.63) is 60.2 Å². The van der Waals surface area contributed by atoms with Crippen molar-refractivity contribution < 1.29 is 14.3 Å². The number of hydrogen-bond acceptors (Lipinski definition) is 4. The van der Waals surface area contributed by atoms with Crippen LogP contribution in [0.4, 0.5) is 0 Å². The smallest absolute Gasteiger partial charge is 0.257 e. The van der Waals surface area contributed by atoms with Gasteiger partial charge in [0.25, 0.3) is 5.91 Å². The van der Waals surface area contributed by atoms with Gasteiger partial charge in [-0.3, -0.25) is 10.1 Å². The molecule has 0 spiro atoms. The molecule has 148 valence electrons. The van der Waals surface area contributed by atoms with Gasteiger partial charge in [-0.25, -0.2) is 0 Å². The fourth-order valence-electron chi connectivity index (χ4n) is 3.08. The summed E-state index contributed by atoms with van der Waals surface area (Å²) in [6.45, 7) is 2.64. The van der Waals surface area contributed by atoms with Crippen molar-refractivity contribution in [2.45, 2.75) is 25.7 Å². The summed E-state index contributed by atoms with van der Waals surface area (Å²) in [6.07, 6.45) is 4.68. The Labute approximate surface area is 171 Å². The zero-order chi connectivity index (χ0) is 19.6. The summed E-state index contributed by atoms with van der Waals surface area (Å²) in [4.78, 5) is 14.6. The molecule has 6 heteroatoms. The highest BCUT2D eigenvalue weighted by Crippen LogP contribution is 2.15. The number of carbonyl (C=O) groups excluding carboxylic acids is 1. The average molecular weight is 399 g/mol. The van der Waals surface area contributed by atoms with Crippen LogP contribution in [0.25, 0.3) is 0 Å². The Bertz CT molecular complexity index is 774. The Hall–Kier alpha value is -2.60. The highest BCUT2D eigenvalue weighted by atomic mass is 32.1. The van der Waals surface area contributed by atoms with E-state index >= 15 is 0 Å². The van der Waals surface area contributed by atoms with Gasteiger partial charge in [-0.05, 0) is 55.4 Å². The van der Waals surface area contributed by atoms with Gasteiger partial charge in [0, 0.05) is 18.7 Å². The van der Waals surface area contributed by atoms with E-state index in [1.807, 2.05) is 36.4 Å². The predicted molar refractivity (Wildman–Crippen MR) is 114 cm³/mol. The van der Waals surface area contributed by atoms with Gasteiger partial charge in [-0.1, -0.05) is 37.1 Å². The van der Waals surface area contributed by atoms with Crippen molar-refractivity contribution in [2.75, 3.05) is 26.3 Å². The van der Waals surface area contributed by atoms with E-state index < -0.39 is 0 Å². The summed E-state index contributed by atoms with van der Waals surface area (Å²) in [5, 5.41) is 3.36. The number of para-hydroxylation sites is 1. The van der Waals surface area contributed by atoms with Crippen LogP contribution in [0.1, 0.15) is 36.0 Å². The zero-order valence-corrected chi connectivity index (χ0v) is 16.7. The fourth-order valence-corrected chi connectivity index (χ4v) is 3.36. The molecule has 1 amide bonds. The number of rotatable bonds is 6. The molecule has 0 unspecified atom stereocenters. The number of likely N-dealkylation sites (tertiary alicyclic amines) is 1. The van der Waals surface area contributed by atoms with E-state index in [0.717, 1.165) is 31.7 Å². The Balaban J connectivity index is 1.47. The number of hydrogen-bond donors (Lipinski definition) is 1. The number of ether oxygens (including phenoxy) is 2. The first-order chi connectivity index (χ1) is 13.7. The standard InChI is InChI=1S/C22H26N2O3S/c25-21(23-22(28)24-13-6-1-2-7-14-24)18-9-8-12-20(17-18)27-16-15-26-19-10-4-3-5-11-19/h3-5,8-12,17H,1-2,6-7,13-16H2,(H,23,25,28). The molecular weight excluding hydrogens is 372 g/mol. The van der Waals surface area contributed by atoms with Crippen molar-refractivity contribution in [3.63, 3.8) is 0 Å². The Morgan fingerprint density at radius 1 is 0.893 bits per heavy atom. The van der Waals surface area contributed by atoms with Gasteiger partial charge < -0.3 is 14.4 Å². The summed E-state index contributed by atoms with van der Waals surface area (Å²) in [6, 6.07) is 16.7. The van der Waals surface area contributed by atoms with Crippen LogP contribution in [0.2, 0.25) is 0 Å². The third kappa shape index (κ3) is 6.23. The van der Waals surface area contributed by atoms with E-state index in [1.165, 1.54) is 12.8 Å². The first-order valence-electron chi connectivity index (χ1n) is 9.73. The second-order valence-electron chi connectivity index (χ2n) is 6.70. The van der Waals surface area contributed by atoms with Crippen molar-refractivity contribution >= 4 is 23.2 Å². The number of nitrogens with zero attached hydrogens (tertiary/aromatic N) is 1. The SMILES string of the molecule is O=C(NC(=S)N1CCCCCC1)c1cccc(OCCOc2ccccc2)c1. The highest BCUT2D eigenvalue weighted by Gasteiger charge is 2.15. The topological polar surface area (TPSA) is 50.8 Å². The Morgan fingerprint density at radius 3 is 2.25 bits per heavy atom. The zero-order valence-electron chi connectivity index (χ0n) is 15.9. The van der Waals surface area contributed by atoms with E-state index in [2.05, 4.69) is 10.2 Å². The molecule has 1 fully saturated rings. The van der Waals surface area contributed by atoms with Crippen molar-refractivity contribution in [3.8, 4) is 11.5 Å². The molecular formula is C22H26N2O3S. The molecule has 1 N–H and O–H groups in total. The molecule has 1 aliphatic rings. The fraction of sp³-hybridized carbons (Fsp3) is 0.364. The monoisotopic (exact) mass is 398 g/mol. The molecule has 0 aromatic heterocycles. The molecule has 2 aromatic carbocycles. The first-order valence-corrected chi connectivity index (χ1v) is 10.1. The van der Waals surface area contributed by atoms with Crippen molar-refractivity contribution in [2.24, 2.45) is 0 Å². The molecule has 0 saturated carbocycles. The van der Waals surface area contributed by atoms with Crippen LogP contribution in [0, 0.1) is 0 Å². The minimum atomic E-state index is -0.208. The quantitative estimate of drug-likeness (QED) is 0.588. The second-order valence-corrected chi connectivity index (χ2v) is 7.09. The second kappa shape index (κ2) is 10.7. The summed E-state index contributed by atoms with van der Waals surface area (Å²) in [5.74, 6) is 1.23. The van der Waals surface area contributed by atoms with Gasteiger partial charge in [-0.15, -0.1) is 0 Å². The number of thiocarbonyl (C=S) groups is 1. The number of amides is 1. The third-order valence-corrected chi connectivity index (χ3v) is 4.93. The molecule has 0 radical (unpaired) electrons. The van der Waals surface area contributed by atoms with Crippen LogP contribution in [-0.4, -0.2) is 42.2 Å². The lowest BCUT2D eigenvalue weighted by Gasteiger charge is -2.23. The number of nitrogens with one attached hydrogen (secondary N) is 1. The average Bonchev–Trinajstić information content (AvgIpc) is 3.02. The van der Waals surface area contributed by atoms with E-state index in [0.29, 0.717) is 29.6 Å². The largest absolute Gasteiger partial charge is 0.490 e. The molecule has 1 saturated heterocycles. The van der Waals surface area contributed by atoms with Crippen LogP contribution in [0.15, 0.2) is 54.6 Å². The summed E-state index contributed by atoms with van der Waals surface area (Å²) < 4.78 is 11.3. The molecule has 0 atom stereocenters. The molecule has 1 heterocycles. The lowest BCUT2D eigenvalue weighted by molar-refractivity contribution is 0.0973.